The van der Waals surface area contributed by atoms with Crippen LogP contribution in [0.3, 0.4) is 0 Å². The summed E-state index contributed by atoms with van der Waals surface area (Å²) in [4.78, 5) is 25.3. The normalized spacial score (nSPS) is 11.1. The van der Waals surface area contributed by atoms with E-state index >= 15 is 0 Å². The molecule has 0 bridgehead atoms. The molecule has 2 aromatic carbocycles. The predicted molar refractivity (Wildman–Crippen MR) is 103 cm³/mol. The minimum Gasteiger partial charge on any atom is -0.481 e. The first-order valence-electron chi connectivity index (χ1n) is 8.56. The van der Waals surface area contributed by atoms with Crippen LogP contribution in [-0.4, -0.2) is 43.1 Å². The van der Waals surface area contributed by atoms with Crippen LogP contribution >= 0.6 is 0 Å². The van der Waals surface area contributed by atoms with Gasteiger partial charge in [-0.15, -0.1) is 0 Å². The second kappa shape index (κ2) is 9.32. The number of hydrogen-bond donors (Lipinski definition) is 1. The fraction of sp³-hybridized carbons (Fsp3) is 0.300. The molecule has 0 aliphatic rings. The third kappa shape index (κ3) is 7.22. The van der Waals surface area contributed by atoms with E-state index in [1.54, 1.807) is 29.2 Å². The Hall–Kier alpha value is -2.67. The van der Waals surface area contributed by atoms with Crippen molar-refractivity contribution in [1.82, 2.24) is 4.90 Å². The van der Waals surface area contributed by atoms with Crippen molar-refractivity contribution in [3.05, 3.63) is 71.3 Å². The van der Waals surface area contributed by atoms with Crippen molar-refractivity contribution >= 4 is 21.7 Å². The number of carboxylic acid groups (broad SMARTS) is 1. The van der Waals surface area contributed by atoms with E-state index in [2.05, 4.69) is 0 Å². The number of carboxylic acids is 1. The molecule has 0 radical (unpaired) electrons. The molecule has 144 valence electrons. The maximum Gasteiger partial charge on any atom is 0.303 e. The van der Waals surface area contributed by atoms with E-state index in [-0.39, 0.29) is 18.1 Å². The minimum absolute atomic E-state index is 0.00807. The first-order chi connectivity index (χ1) is 12.7. The summed E-state index contributed by atoms with van der Waals surface area (Å²) in [5.41, 5.74) is 2.02. The number of nitrogens with zero attached hydrogens (tertiary/aromatic N) is 1. The van der Waals surface area contributed by atoms with E-state index in [1.807, 2.05) is 30.3 Å². The molecule has 0 spiro atoms. The SMILES string of the molecule is CS(=O)(=O)Cc1ccc(C(=O)N(CCCC(=O)O)Cc2ccccc2)cc1. The maximum atomic E-state index is 12.9. The summed E-state index contributed by atoms with van der Waals surface area (Å²) in [6.07, 6.45) is 1.52. The predicted octanol–water partition coefficient (Wildman–Crippen LogP) is 2.74. The van der Waals surface area contributed by atoms with Gasteiger partial charge < -0.3 is 10.0 Å². The lowest BCUT2D eigenvalue weighted by Crippen LogP contribution is -2.31. The van der Waals surface area contributed by atoms with Gasteiger partial charge in [-0.2, -0.15) is 0 Å². The molecule has 0 atom stereocenters. The van der Waals surface area contributed by atoms with Gasteiger partial charge in [0.25, 0.3) is 5.91 Å². The van der Waals surface area contributed by atoms with E-state index in [1.165, 1.54) is 0 Å². The summed E-state index contributed by atoms with van der Waals surface area (Å²) in [6.45, 7) is 0.704. The van der Waals surface area contributed by atoms with E-state index in [9.17, 15) is 18.0 Å². The fourth-order valence-electron chi connectivity index (χ4n) is 2.71. The number of amides is 1. The Morgan fingerprint density at radius 1 is 0.963 bits per heavy atom. The number of benzene rings is 2. The molecule has 7 heteroatoms. The van der Waals surface area contributed by atoms with E-state index in [0.29, 0.717) is 30.6 Å². The summed E-state index contributed by atoms with van der Waals surface area (Å²) in [6, 6.07) is 16.0. The van der Waals surface area contributed by atoms with Gasteiger partial charge in [-0.1, -0.05) is 42.5 Å². The Bertz CT molecular complexity index is 876. The maximum absolute atomic E-state index is 12.9. The molecule has 0 saturated carbocycles. The Labute approximate surface area is 159 Å². The van der Waals surface area contributed by atoms with Gasteiger partial charge in [0.1, 0.15) is 0 Å². The average Bonchev–Trinajstić information content (AvgIpc) is 2.60. The van der Waals surface area contributed by atoms with Crippen molar-refractivity contribution in [2.45, 2.75) is 25.1 Å². The van der Waals surface area contributed by atoms with Crippen LogP contribution in [0.4, 0.5) is 0 Å². The van der Waals surface area contributed by atoms with Crippen LogP contribution in [0.5, 0.6) is 0 Å². The highest BCUT2D eigenvalue weighted by Gasteiger charge is 2.17. The Morgan fingerprint density at radius 2 is 1.59 bits per heavy atom. The number of carbonyl (C=O) groups excluding carboxylic acids is 1. The average molecular weight is 389 g/mol. The van der Waals surface area contributed by atoms with Crippen LogP contribution in [-0.2, 0) is 26.9 Å². The lowest BCUT2D eigenvalue weighted by Gasteiger charge is -2.23. The Balaban J connectivity index is 2.14. The van der Waals surface area contributed by atoms with Crippen LogP contribution in [0.15, 0.2) is 54.6 Å². The fourth-order valence-corrected chi connectivity index (χ4v) is 3.50. The molecular weight excluding hydrogens is 366 g/mol. The second-order valence-corrected chi connectivity index (χ2v) is 8.62. The van der Waals surface area contributed by atoms with Crippen molar-refractivity contribution in [2.75, 3.05) is 12.8 Å². The number of hydrogen-bond acceptors (Lipinski definition) is 4. The monoisotopic (exact) mass is 389 g/mol. The zero-order chi connectivity index (χ0) is 19.9. The molecule has 2 rings (SSSR count). The number of carbonyl (C=O) groups is 2. The summed E-state index contributed by atoms with van der Waals surface area (Å²) in [5.74, 6) is -1.18. The van der Waals surface area contributed by atoms with Gasteiger partial charge in [0.05, 0.1) is 5.75 Å². The first-order valence-corrected chi connectivity index (χ1v) is 10.6. The van der Waals surface area contributed by atoms with Gasteiger partial charge >= 0.3 is 5.97 Å². The van der Waals surface area contributed by atoms with Crippen LogP contribution < -0.4 is 0 Å². The first kappa shape index (κ1) is 20.6. The smallest absolute Gasteiger partial charge is 0.303 e. The van der Waals surface area contributed by atoms with Crippen molar-refractivity contribution in [3.8, 4) is 0 Å². The van der Waals surface area contributed by atoms with Crippen LogP contribution in [0.25, 0.3) is 0 Å². The van der Waals surface area contributed by atoms with Crippen molar-refractivity contribution in [3.63, 3.8) is 0 Å². The summed E-state index contributed by atoms with van der Waals surface area (Å²) in [7, 11) is -3.14. The van der Waals surface area contributed by atoms with Gasteiger partial charge in [0.15, 0.2) is 9.84 Å². The number of aliphatic carboxylic acids is 1. The van der Waals surface area contributed by atoms with Crippen LogP contribution in [0, 0.1) is 0 Å². The molecule has 27 heavy (non-hydrogen) atoms. The van der Waals surface area contributed by atoms with Gasteiger partial charge in [0.2, 0.25) is 0 Å². The van der Waals surface area contributed by atoms with E-state index in [4.69, 9.17) is 5.11 Å². The number of rotatable bonds is 9. The Kier molecular flexibility index (Phi) is 7.12. The summed E-state index contributed by atoms with van der Waals surface area (Å²) in [5, 5.41) is 8.84. The largest absolute Gasteiger partial charge is 0.481 e. The highest BCUT2D eigenvalue weighted by atomic mass is 32.2. The molecule has 1 N–H and O–H groups in total. The van der Waals surface area contributed by atoms with Crippen LogP contribution in [0.2, 0.25) is 0 Å². The van der Waals surface area contributed by atoms with Crippen molar-refractivity contribution in [1.29, 1.82) is 0 Å². The molecule has 0 aliphatic carbocycles. The summed E-state index contributed by atoms with van der Waals surface area (Å²) < 4.78 is 22.8. The quantitative estimate of drug-likeness (QED) is 0.712. The van der Waals surface area contributed by atoms with E-state index < -0.39 is 15.8 Å². The van der Waals surface area contributed by atoms with Crippen molar-refractivity contribution in [2.24, 2.45) is 0 Å². The molecule has 0 saturated heterocycles. The molecule has 1 amide bonds. The lowest BCUT2D eigenvalue weighted by molar-refractivity contribution is -0.137. The molecule has 0 aliphatic heterocycles. The minimum atomic E-state index is -3.14. The van der Waals surface area contributed by atoms with Gasteiger partial charge in [-0.25, -0.2) is 8.42 Å². The molecule has 0 fully saturated rings. The highest BCUT2D eigenvalue weighted by molar-refractivity contribution is 7.89. The molecule has 0 aromatic heterocycles. The molecule has 0 heterocycles. The van der Waals surface area contributed by atoms with E-state index in [0.717, 1.165) is 11.8 Å². The number of sulfone groups is 1. The third-order valence-corrected chi connectivity index (χ3v) is 4.81. The summed E-state index contributed by atoms with van der Waals surface area (Å²) >= 11 is 0. The lowest BCUT2D eigenvalue weighted by atomic mass is 10.1. The van der Waals surface area contributed by atoms with Crippen LogP contribution in [0.1, 0.15) is 34.3 Å². The standard InChI is InChI=1S/C20H23NO5S/c1-27(25,26)15-17-9-11-18(12-10-17)20(24)21(13-5-8-19(22)23)14-16-6-3-2-4-7-16/h2-4,6-7,9-12H,5,8,13-15H2,1H3,(H,22,23). The molecule has 0 unspecified atom stereocenters. The van der Waals surface area contributed by atoms with Crippen molar-refractivity contribution < 1.29 is 23.1 Å². The molecular formula is C20H23NO5S. The Morgan fingerprint density at radius 3 is 2.15 bits per heavy atom. The second-order valence-electron chi connectivity index (χ2n) is 6.48. The van der Waals surface area contributed by atoms with Gasteiger partial charge in [-0.3, -0.25) is 9.59 Å². The molecule has 2 aromatic rings. The third-order valence-electron chi connectivity index (χ3n) is 3.95. The molecule has 6 nitrogen and oxygen atoms in total. The highest BCUT2D eigenvalue weighted by Crippen LogP contribution is 2.14. The topological polar surface area (TPSA) is 91.8 Å². The van der Waals surface area contributed by atoms with Gasteiger partial charge in [0, 0.05) is 31.3 Å². The zero-order valence-corrected chi connectivity index (χ0v) is 16.0. The zero-order valence-electron chi connectivity index (χ0n) is 15.2. The van der Waals surface area contributed by atoms with Gasteiger partial charge in [-0.05, 0) is 29.7 Å².